The molecule has 0 bridgehead atoms. The first-order valence-corrected chi connectivity index (χ1v) is 7.33. The molecule has 104 valence electrons. The van der Waals surface area contributed by atoms with Gasteiger partial charge in [0.2, 0.25) is 5.28 Å². The van der Waals surface area contributed by atoms with Crippen LogP contribution in [0.3, 0.4) is 0 Å². The van der Waals surface area contributed by atoms with E-state index in [1.807, 2.05) is 7.05 Å². The second-order valence-corrected chi connectivity index (χ2v) is 5.75. The van der Waals surface area contributed by atoms with E-state index in [2.05, 4.69) is 21.9 Å². The van der Waals surface area contributed by atoms with Crippen molar-refractivity contribution in [2.24, 2.45) is 13.0 Å². The van der Waals surface area contributed by atoms with Crippen LogP contribution in [0.1, 0.15) is 39.0 Å². The van der Waals surface area contributed by atoms with Crippen LogP contribution in [0.25, 0.3) is 11.2 Å². The van der Waals surface area contributed by atoms with E-state index in [0.29, 0.717) is 16.3 Å². The summed E-state index contributed by atoms with van der Waals surface area (Å²) >= 11 is 11.4. The van der Waals surface area contributed by atoms with Crippen molar-refractivity contribution in [1.29, 1.82) is 0 Å². The van der Waals surface area contributed by atoms with Crippen molar-refractivity contribution in [3.63, 3.8) is 0 Å². The first kappa shape index (κ1) is 14.5. The van der Waals surface area contributed by atoms with Gasteiger partial charge in [0.25, 0.3) is 0 Å². The molecule has 1 aliphatic carbocycles. The van der Waals surface area contributed by atoms with E-state index >= 15 is 0 Å². The molecular weight excluding hydrogens is 283 g/mol. The highest BCUT2D eigenvalue weighted by Gasteiger charge is 2.08. The van der Waals surface area contributed by atoms with Crippen LogP contribution >= 0.6 is 23.2 Å². The topological polar surface area (TPSA) is 43.6 Å². The third-order valence-corrected chi connectivity index (χ3v) is 3.83. The molecule has 0 radical (unpaired) electrons. The third kappa shape index (κ3) is 3.80. The van der Waals surface area contributed by atoms with Crippen molar-refractivity contribution in [2.45, 2.75) is 39.0 Å². The lowest BCUT2D eigenvalue weighted by atomic mass is 9.91. The van der Waals surface area contributed by atoms with Crippen molar-refractivity contribution >= 4 is 34.4 Å². The SMILES string of the molecule is CC1CCCCC1.Cn1cnc2nc(Cl)nc(Cl)c21. The van der Waals surface area contributed by atoms with Gasteiger partial charge in [0.05, 0.1) is 6.33 Å². The molecular formula is C13H18Cl2N4. The lowest BCUT2D eigenvalue weighted by molar-refractivity contribution is 0.385. The molecule has 2 aromatic heterocycles. The summed E-state index contributed by atoms with van der Waals surface area (Å²) in [6.45, 7) is 2.36. The van der Waals surface area contributed by atoms with E-state index in [-0.39, 0.29) is 5.28 Å². The normalized spacial score (nSPS) is 16.2. The second-order valence-electron chi connectivity index (χ2n) is 5.05. The fourth-order valence-electron chi connectivity index (χ4n) is 2.29. The number of aromatic nitrogens is 4. The van der Waals surface area contributed by atoms with Crippen LogP contribution in [0, 0.1) is 5.92 Å². The highest BCUT2D eigenvalue weighted by molar-refractivity contribution is 6.35. The molecule has 0 aliphatic heterocycles. The van der Waals surface area contributed by atoms with Crippen molar-refractivity contribution in [3.8, 4) is 0 Å². The minimum absolute atomic E-state index is 0.117. The fraction of sp³-hybridized carbons (Fsp3) is 0.615. The lowest BCUT2D eigenvalue weighted by Crippen LogP contribution is -1.99. The molecule has 4 nitrogen and oxygen atoms in total. The van der Waals surface area contributed by atoms with E-state index in [9.17, 15) is 0 Å². The quantitative estimate of drug-likeness (QED) is 0.539. The Morgan fingerprint density at radius 2 is 1.84 bits per heavy atom. The number of halogens is 2. The molecule has 0 spiro atoms. The predicted octanol–water partition coefficient (Wildman–Crippen LogP) is 4.26. The van der Waals surface area contributed by atoms with Gasteiger partial charge in [0, 0.05) is 7.05 Å². The number of hydrogen-bond donors (Lipinski definition) is 0. The molecule has 1 aliphatic rings. The van der Waals surface area contributed by atoms with Crippen LogP contribution in [-0.4, -0.2) is 19.5 Å². The summed E-state index contributed by atoms with van der Waals surface area (Å²) in [5.41, 5.74) is 1.21. The van der Waals surface area contributed by atoms with E-state index < -0.39 is 0 Å². The van der Waals surface area contributed by atoms with Gasteiger partial charge in [-0.2, -0.15) is 4.98 Å². The zero-order valence-electron chi connectivity index (χ0n) is 11.2. The zero-order valence-corrected chi connectivity index (χ0v) is 12.7. The average Bonchev–Trinajstić information content (AvgIpc) is 2.72. The van der Waals surface area contributed by atoms with Gasteiger partial charge in [-0.3, -0.25) is 0 Å². The summed E-state index contributed by atoms with van der Waals surface area (Å²) < 4.78 is 1.74. The second kappa shape index (κ2) is 6.53. The number of rotatable bonds is 0. The van der Waals surface area contributed by atoms with Gasteiger partial charge in [-0.05, 0) is 17.5 Å². The van der Waals surface area contributed by atoms with Crippen LogP contribution in [0.15, 0.2) is 6.33 Å². The van der Waals surface area contributed by atoms with Gasteiger partial charge in [-0.15, -0.1) is 0 Å². The van der Waals surface area contributed by atoms with Crippen molar-refractivity contribution in [2.75, 3.05) is 0 Å². The Labute approximate surface area is 123 Å². The van der Waals surface area contributed by atoms with Crippen molar-refractivity contribution < 1.29 is 0 Å². The highest BCUT2D eigenvalue weighted by Crippen LogP contribution is 2.22. The molecule has 0 unspecified atom stereocenters. The number of hydrogen-bond acceptors (Lipinski definition) is 3. The van der Waals surface area contributed by atoms with Gasteiger partial charge < -0.3 is 4.57 Å². The molecule has 2 heterocycles. The molecule has 2 aromatic rings. The monoisotopic (exact) mass is 300 g/mol. The van der Waals surface area contributed by atoms with Gasteiger partial charge >= 0.3 is 0 Å². The van der Waals surface area contributed by atoms with Crippen molar-refractivity contribution in [3.05, 3.63) is 16.8 Å². The van der Waals surface area contributed by atoms with E-state index in [1.165, 1.54) is 32.1 Å². The zero-order chi connectivity index (χ0) is 13.8. The lowest BCUT2D eigenvalue weighted by Gasteiger charge is -2.15. The van der Waals surface area contributed by atoms with Crippen LogP contribution in [0.4, 0.5) is 0 Å². The van der Waals surface area contributed by atoms with Crippen LogP contribution in [-0.2, 0) is 7.05 Å². The van der Waals surface area contributed by atoms with Gasteiger partial charge in [0.15, 0.2) is 10.8 Å². The molecule has 3 rings (SSSR count). The summed E-state index contributed by atoms with van der Waals surface area (Å²) in [5.74, 6) is 1.04. The summed E-state index contributed by atoms with van der Waals surface area (Å²) in [4.78, 5) is 11.7. The Bertz CT molecular complexity index is 547. The maximum Gasteiger partial charge on any atom is 0.225 e. The van der Waals surface area contributed by atoms with E-state index in [1.54, 1.807) is 10.9 Å². The Balaban J connectivity index is 0.000000163. The third-order valence-electron chi connectivity index (χ3n) is 3.40. The molecule has 0 atom stereocenters. The fourth-order valence-corrected chi connectivity index (χ4v) is 2.80. The Kier molecular flexibility index (Phi) is 4.99. The molecule has 0 N–H and O–H groups in total. The molecule has 19 heavy (non-hydrogen) atoms. The highest BCUT2D eigenvalue weighted by atomic mass is 35.5. The minimum atomic E-state index is 0.117. The maximum atomic E-state index is 5.81. The summed E-state index contributed by atoms with van der Waals surface area (Å²) in [6.07, 6.45) is 9.05. The molecule has 0 aromatic carbocycles. The Morgan fingerprint density at radius 1 is 1.16 bits per heavy atom. The minimum Gasteiger partial charge on any atom is -0.330 e. The standard InChI is InChI=1S/C7H14.C6H4Cl2N4/c1-7-5-3-2-4-6-7;1-12-2-9-5-3(12)4(7)10-6(8)11-5/h7H,2-6H2,1H3;2H,1H3. The predicted molar refractivity (Wildman–Crippen MR) is 78.6 cm³/mol. The van der Waals surface area contributed by atoms with Crippen LogP contribution < -0.4 is 0 Å². The maximum absolute atomic E-state index is 5.81. The first-order valence-electron chi connectivity index (χ1n) is 6.58. The van der Waals surface area contributed by atoms with E-state index in [4.69, 9.17) is 23.2 Å². The van der Waals surface area contributed by atoms with Crippen LogP contribution in [0.2, 0.25) is 10.4 Å². The van der Waals surface area contributed by atoms with E-state index in [0.717, 1.165) is 5.92 Å². The number of nitrogens with zero attached hydrogens (tertiary/aromatic N) is 4. The Morgan fingerprint density at radius 3 is 2.42 bits per heavy atom. The first-order chi connectivity index (χ1) is 9.08. The number of aryl methyl sites for hydroxylation is 1. The Hall–Kier alpha value is -0.870. The average molecular weight is 301 g/mol. The molecule has 0 amide bonds. The summed E-state index contributed by atoms with van der Waals surface area (Å²) in [6, 6.07) is 0. The van der Waals surface area contributed by atoms with Crippen LogP contribution in [0.5, 0.6) is 0 Å². The van der Waals surface area contributed by atoms with Crippen molar-refractivity contribution in [1.82, 2.24) is 19.5 Å². The van der Waals surface area contributed by atoms with Gasteiger partial charge in [-0.1, -0.05) is 50.6 Å². The molecule has 1 saturated carbocycles. The molecule has 0 saturated heterocycles. The summed E-state index contributed by atoms with van der Waals surface area (Å²) in [5, 5.41) is 0.441. The summed E-state index contributed by atoms with van der Waals surface area (Å²) in [7, 11) is 1.82. The largest absolute Gasteiger partial charge is 0.330 e. The molecule has 6 heteroatoms. The number of imidazole rings is 1. The number of fused-ring (bicyclic) bond motifs is 1. The molecule has 1 fully saturated rings. The van der Waals surface area contributed by atoms with Gasteiger partial charge in [0.1, 0.15) is 5.52 Å². The van der Waals surface area contributed by atoms with Gasteiger partial charge in [-0.25, -0.2) is 9.97 Å². The smallest absolute Gasteiger partial charge is 0.225 e.